The van der Waals surface area contributed by atoms with Crippen molar-refractivity contribution in [1.82, 2.24) is 9.97 Å². The summed E-state index contributed by atoms with van der Waals surface area (Å²) in [6.07, 6.45) is 0. The van der Waals surface area contributed by atoms with Crippen LogP contribution in [0.5, 0.6) is 0 Å². The molecule has 0 atom stereocenters. The molecule has 0 bridgehead atoms. The predicted molar refractivity (Wildman–Crippen MR) is 86.9 cm³/mol. The molecule has 0 fully saturated rings. The third kappa shape index (κ3) is 2.92. The molecule has 0 amide bonds. The van der Waals surface area contributed by atoms with Crippen molar-refractivity contribution in [2.45, 2.75) is 6.92 Å². The van der Waals surface area contributed by atoms with Crippen molar-refractivity contribution in [3.05, 3.63) is 44.2 Å². The van der Waals surface area contributed by atoms with E-state index in [1.165, 1.54) is 23.5 Å². The molecule has 0 aliphatic rings. The number of halogens is 4. The fraction of sp³-hybridized carbons (Fsp3) is 0.0769. The number of rotatable bonds is 2. The molecule has 0 saturated heterocycles. The predicted octanol–water partition coefficient (Wildman–Crippen LogP) is 5.84. The Labute approximate surface area is 138 Å². The molecule has 21 heavy (non-hydrogen) atoms. The molecule has 0 radical (unpaired) electrons. The highest BCUT2D eigenvalue weighted by molar-refractivity contribution is 7.18. The van der Waals surface area contributed by atoms with E-state index < -0.39 is 5.82 Å². The number of aromatic nitrogens is 2. The van der Waals surface area contributed by atoms with Crippen LogP contribution in [0.25, 0.3) is 10.2 Å². The molecule has 108 valence electrons. The number of aryl methyl sites for hydroxylation is 1. The number of anilines is 2. The monoisotopic (exact) mass is 361 g/mol. The zero-order valence-electron chi connectivity index (χ0n) is 10.5. The van der Waals surface area contributed by atoms with E-state index in [0.717, 1.165) is 15.1 Å². The fourth-order valence-corrected chi connectivity index (χ4v) is 3.54. The Morgan fingerprint density at radius 3 is 2.43 bits per heavy atom. The first-order chi connectivity index (χ1) is 9.94. The summed E-state index contributed by atoms with van der Waals surface area (Å²) >= 11 is 19.5. The number of benzene rings is 1. The SMILES string of the molecule is Cc1cc2c(Nc3c(Cl)cc(F)cc3Cl)nc(Cl)nc2s1. The Balaban J connectivity index is 2.14. The van der Waals surface area contributed by atoms with Crippen LogP contribution in [0.2, 0.25) is 15.3 Å². The van der Waals surface area contributed by atoms with E-state index in [4.69, 9.17) is 34.8 Å². The van der Waals surface area contributed by atoms with Crippen molar-refractivity contribution in [2.75, 3.05) is 5.32 Å². The van der Waals surface area contributed by atoms with Crippen LogP contribution in [0, 0.1) is 12.7 Å². The quantitative estimate of drug-likeness (QED) is 0.582. The Morgan fingerprint density at radius 1 is 1.10 bits per heavy atom. The summed E-state index contributed by atoms with van der Waals surface area (Å²) in [4.78, 5) is 10.1. The normalized spacial score (nSPS) is 11.1. The molecule has 2 aromatic heterocycles. The lowest BCUT2D eigenvalue weighted by Gasteiger charge is -2.11. The number of nitrogens with one attached hydrogen (secondary N) is 1. The molecule has 3 aromatic rings. The summed E-state index contributed by atoms with van der Waals surface area (Å²) in [6, 6.07) is 4.28. The Hall–Kier alpha value is -1.14. The zero-order valence-corrected chi connectivity index (χ0v) is 13.6. The van der Waals surface area contributed by atoms with Crippen LogP contribution < -0.4 is 5.32 Å². The van der Waals surface area contributed by atoms with Gasteiger partial charge in [-0.05, 0) is 36.7 Å². The standard InChI is InChI=1S/C13H7Cl3FN3S/c1-5-2-7-11(19-13(16)20-12(7)21-5)18-10-8(14)3-6(17)4-9(10)15/h2-4H,1H3,(H,18,19,20). The first kappa shape index (κ1) is 14.8. The smallest absolute Gasteiger partial charge is 0.225 e. The van der Waals surface area contributed by atoms with E-state index >= 15 is 0 Å². The third-order valence-corrected chi connectivity index (χ3v) is 4.45. The Morgan fingerprint density at radius 2 is 1.76 bits per heavy atom. The minimum Gasteiger partial charge on any atom is -0.337 e. The third-order valence-electron chi connectivity index (χ3n) is 2.74. The Bertz CT molecular complexity index is 827. The Kier molecular flexibility index (Phi) is 3.92. The van der Waals surface area contributed by atoms with E-state index in [2.05, 4.69) is 15.3 Å². The molecule has 3 nitrogen and oxygen atoms in total. The molecule has 0 spiro atoms. The number of fused-ring (bicyclic) bond motifs is 1. The van der Waals surface area contributed by atoms with Gasteiger partial charge in [-0.1, -0.05) is 23.2 Å². The molecule has 0 saturated carbocycles. The second-order valence-corrected chi connectivity index (χ2v) is 6.67. The summed E-state index contributed by atoms with van der Waals surface area (Å²) in [6.45, 7) is 1.96. The molecule has 8 heteroatoms. The van der Waals surface area contributed by atoms with E-state index in [0.29, 0.717) is 11.5 Å². The summed E-state index contributed by atoms with van der Waals surface area (Å²) in [5, 5.41) is 4.25. The van der Waals surface area contributed by atoms with Crippen molar-refractivity contribution >= 4 is 67.9 Å². The van der Waals surface area contributed by atoms with Crippen LogP contribution in [0.1, 0.15) is 4.88 Å². The number of hydrogen-bond donors (Lipinski definition) is 1. The maximum absolute atomic E-state index is 13.2. The van der Waals surface area contributed by atoms with Crippen LogP contribution in [0.15, 0.2) is 18.2 Å². The van der Waals surface area contributed by atoms with E-state index in [1.807, 2.05) is 13.0 Å². The van der Waals surface area contributed by atoms with Crippen LogP contribution in [-0.4, -0.2) is 9.97 Å². The molecule has 0 aliphatic heterocycles. The summed E-state index contributed by atoms with van der Waals surface area (Å²) in [5.41, 5.74) is 0.375. The zero-order chi connectivity index (χ0) is 15.1. The van der Waals surface area contributed by atoms with Gasteiger partial charge in [0.15, 0.2) is 0 Å². The van der Waals surface area contributed by atoms with Gasteiger partial charge in [0, 0.05) is 4.88 Å². The lowest BCUT2D eigenvalue weighted by atomic mass is 10.3. The van der Waals surface area contributed by atoms with Gasteiger partial charge in [-0.3, -0.25) is 0 Å². The maximum Gasteiger partial charge on any atom is 0.225 e. The maximum atomic E-state index is 13.2. The van der Waals surface area contributed by atoms with Crippen molar-refractivity contribution in [3.63, 3.8) is 0 Å². The van der Waals surface area contributed by atoms with Gasteiger partial charge in [-0.2, -0.15) is 4.98 Å². The highest BCUT2D eigenvalue weighted by atomic mass is 35.5. The molecule has 0 unspecified atom stereocenters. The molecule has 1 aromatic carbocycles. The van der Waals surface area contributed by atoms with Gasteiger partial charge in [0.2, 0.25) is 5.28 Å². The topological polar surface area (TPSA) is 37.8 Å². The number of nitrogens with zero attached hydrogens (tertiary/aromatic N) is 2. The lowest BCUT2D eigenvalue weighted by Crippen LogP contribution is -1.98. The summed E-state index contributed by atoms with van der Waals surface area (Å²) in [7, 11) is 0. The minimum atomic E-state index is -0.507. The van der Waals surface area contributed by atoms with Crippen molar-refractivity contribution in [2.24, 2.45) is 0 Å². The van der Waals surface area contributed by atoms with Crippen LogP contribution in [0.3, 0.4) is 0 Å². The minimum absolute atomic E-state index is 0.112. The average molecular weight is 363 g/mol. The number of hydrogen-bond acceptors (Lipinski definition) is 4. The largest absolute Gasteiger partial charge is 0.337 e. The molecule has 2 heterocycles. The molecular formula is C13H7Cl3FN3S. The number of thiophene rings is 1. The average Bonchev–Trinajstić information content (AvgIpc) is 2.73. The first-order valence-corrected chi connectivity index (χ1v) is 7.74. The van der Waals surface area contributed by atoms with Gasteiger partial charge in [0.1, 0.15) is 16.5 Å². The summed E-state index contributed by atoms with van der Waals surface area (Å²) in [5.74, 6) is -0.0300. The van der Waals surface area contributed by atoms with Gasteiger partial charge in [-0.15, -0.1) is 11.3 Å². The van der Waals surface area contributed by atoms with E-state index in [9.17, 15) is 4.39 Å². The van der Waals surface area contributed by atoms with Crippen molar-refractivity contribution in [3.8, 4) is 0 Å². The fourth-order valence-electron chi connectivity index (χ4n) is 1.89. The summed E-state index contributed by atoms with van der Waals surface area (Å²) < 4.78 is 13.2. The van der Waals surface area contributed by atoms with Gasteiger partial charge in [-0.25, -0.2) is 9.37 Å². The van der Waals surface area contributed by atoms with Gasteiger partial charge in [0.25, 0.3) is 0 Å². The van der Waals surface area contributed by atoms with Gasteiger partial charge in [0.05, 0.1) is 21.1 Å². The van der Waals surface area contributed by atoms with Gasteiger partial charge >= 0.3 is 0 Å². The van der Waals surface area contributed by atoms with Crippen LogP contribution >= 0.6 is 46.1 Å². The second kappa shape index (κ2) is 5.57. The molecule has 3 rings (SSSR count). The molecule has 0 aliphatic carbocycles. The van der Waals surface area contributed by atoms with Crippen LogP contribution in [0.4, 0.5) is 15.9 Å². The molecular weight excluding hydrogens is 356 g/mol. The first-order valence-electron chi connectivity index (χ1n) is 5.79. The molecule has 1 N–H and O–H groups in total. The highest BCUT2D eigenvalue weighted by Gasteiger charge is 2.14. The van der Waals surface area contributed by atoms with E-state index in [1.54, 1.807) is 0 Å². The van der Waals surface area contributed by atoms with Crippen molar-refractivity contribution in [1.29, 1.82) is 0 Å². The second-order valence-electron chi connectivity index (χ2n) is 4.29. The highest BCUT2D eigenvalue weighted by Crippen LogP contribution is 2.36. The van der Waals surface area contributed by atoms with Crippen molar-refractivity contribution < 1.29 is 4.39 Å². The van der Waals surface area contributed by atoms with E-state index in [-0.39, 0.29) is 15.3 Å². The van der Waals surface area contributed by atoms with Crippen LogP contribution in [-0.2, 0) is 0 Å². The van der Waals surface area contributed by atoms with Gasteiger partial charge < -0.3 is 5.32 Å². The lowest BCUT2D eigenvalue weighted by molar-refractivity contribution is 0.628.